The van der Waals surface area contributed by atoms with Crippen LogP contribution in [0.2, 0.25) is 0 Å². The van der Waals surface area contributed by atoms with E-state index < -0.39 is 0 Å². The van der Waals surface area contributed by atoms with Gasteiger partial charge in [-0.2, -0.15) is 0 Å². The van der Waals surface area contributed by atoms with E-state index in [2.05, 4.69) is 106 Å². The van der Waals surface area contributed by atoms with Gasteiger partial charge in [-0.15, -0.1) is 0 Å². The molecule has 168 valence electrons. The molecule has 3 heterocycles. The standard InChI is InChI=1S/C32H19N3O/c1-2-10-21(11-3-1)35-26-14-7-6-13-23(26)29-30(35)25(32-33-17-8-18-34-32)19-24-28-22-12-5-4-9-20(22)15-16-27(28)36-31(24)29/h1-19H. The highest BCUT2D eigenvalue weighted by atomic mass is 16.3. The van der Waals surface area contributed by atoms with Crippen LogP contribution >= 0.6 is 0 Å². The summed E-state index contributed by atoms with van der Waals surface area (Å²) in [5, 5.41) is 6.79. The topological polar surface area (TPSA) is 43.9 Å². The van der Waals surface area contributed by atoms with E-state index >= 15 is 0 Å². The summed E-state index contributed by atoms with van der Waals surface area (Å²) < 4.78 is 8.97. The van der Waals surface area contributed by atoms with Crippen molar-refractivity contribution in [2.24, 2.45) is 0 Å². The highest BCUT2D eigenvalue weighted by molar-refractivity contribution is 6.30. The van der Waals surface area contributed by atoms with Crippen molar-refractivity contribution in [2.45, 2.75) is 0 Å². The van der Waals surface area contributed by atoms with Crippen LogP contribution in [0.1, 0.15) is 0 Å². The molecule has 3 aromatic heterocycles. The zero-order chi connectivity index (χ0) is 23.6. The van der Waals surface area contributed by atoms with E-state index in [0.29, 0.717) is 5.82 Å². The Balaban J connectivity index is 1.68. The van der Waals surface area contributed by atoms with E-state index in [1.54, 1.807) is 12.4 Å². The molecule has 0 aliphatic carbocycles. The number of furan rings is 1. The maximum Gasteiger partial charge on any atom is 0.161 e. The summed E-state index contributed by atoms with van der Waals surface area (Å²) in [5.74, 6) is 0.693. The molecule has 8 rings (SSSR count). The van der Waals surface area contributed by atoms with E-state index in [4.69, 9.17) is 4.42 Å². The van der Waals surface area contributed by atoms with Gasteiger partial charge in [0.25, 0.3) is 0 Å². The number of aromatic nitrogens is 3. The Morgan fingerprint density at radius 1 is 0.611 bits per heavy atom. The quantitative estimate of drug-likeness (QED) is 0.260. The predicted octanol–water partition coefficient (Wildman–Crippen LogP) is 8.29. The van der Waals surface area contributed by atoms with Gasteiger partial charge in [-0.25, -0.2) is 9.97 Å². The Morgan fingerprint density at radius 3 is 2.22 bits per heavy atom. The van der Waals surface area contributed by atoms with Crippen LogP contribution in [0.25, 0.3) is 71.6 Å². The second-order valence-electron chi connectivity index (χ2n) is 9.05. The minimum Gasteiger partial charge on any atom is -0.455 e. The number of nitrogens with zero attached hydrogens (tertiary/aromatic N) is 3. The average molecular weight is 462 g/mol. The molecule has 0 aliphatic heterocycles. The van der Waals surface area contributed by atoms with Crippen molar-refractivity contribution in [2.75, 3.05) is 0 Å². The maximum atomic E-state index is 6.67. The van der Waals surface area contributed by atoms with E-state index in [1.807, 2.05) is 12.1 Å². The van der Waals surface area contributed by atoms with Gasteiger partial charge in [-0.1, -0.05) is 66.7 Å². The summed E-state index contributed by atoms with van der Waals surface area (Å²) in [6.45, 7) is 0. The first kappa shape index (κ1) is 19.4. The van der Waals surface area contributed by atoms with Crippen molar-refractivity contribution in [3.63, 3.8) is 0 Å². The zero-order valence-corrected chi connectivity index (χ0v) is 19.2. The fraction of sp³-hybridized carbons (Fsp3) is 0. The highest BCUT2D eigenvalue weighted by Gasteiger charge is 2.24. The van der Waals surface area contributed by atoms with Crippen molar-refractivity contribution < 1.29 is 4.42 Å². The lowest BCUT2D eigenvalue weighted by Gasteiger charge is -2.11. The average Bonchev–Trinajstić information content (AvgIpc) is 3.50. The summed E-state index contributed by atoms with van der Waals surface area (Å²) in [4.78, 5) is 9.37. The Morgan fingerprint density at radius 2 is 1.36 bits per heavy atom. The summed E-state index contributed by atoms with van der Waals surface area (Å²) in [5.41, 5.74) is 6.00. The van der Waals surface area contributed by atoms with Gasteiger partial charge in [-0.05, 0) is 47.2 Å². The van der Waals surface area contributed by atoms with Crippen LogP contribution in [0.5, 0.6) is 0 Å². The molecule has 0 unspecified atom stereocenters. The van der Waals surface area contributed by atoms with Gasteiger partial charge in [-0.3, -0.25) is 0 Å². The molecule has 0 aliphatic rings. The SMILES string of the molecule is c1ccc(-n2c3ccccc3c3c4oc5ccc6ccccc6c5c4cc(-c4ncccn4)c32)cc1. The van der Waals surface area contributed by atoms with Crippen LogP contribution in [-0.2, 0) is 0 Å². The van der Waals surface area contributed by atoms with Crippen LogP contribution in [0.15, 0.2) is 120 Å². The van der Waals surface area contributed by atoms with Crippen molar-refractivity contribution in [3.8, 4) is 17.1 Å². The van der Waals surface area contributed by atoms with Gasteiger partial charge < -0.3 is 8.98 Å². The van der Waals surface area contributed by atoms with Crippen molar-refractivity contribution in [3.05, 3.63) is 116 Å². The molecule has 8 aromatic rings. The van der Waals surface area contributed by atoms with Gasteiger partial charge in [0.05, 0.1) is 16.4 Å². The number of fused-ring (bicyclic) bond motifs is 9. The first-order valence-corrected chi connectivity index (χ1v) is 12.0. The summed E-state index contributed by atoms with van der Waals surface area (Å²) in [6, 6.07) is 35.7. The van der Waals surface area contributed by atoms with Crippen LogP contribution in [0.4, 0.5) is 0 Å². The molecule has 0 bridgehead atoms. The number of hydrogen-bond acceptors (Lipinski definition) is 3. The van der Waals surface area contributed by atoms with Crippen LogP contribution in [-0.4, -0.2) is 14.5 Å². The molecule has 36 heavy (non-hydrogen) atoms. The first-order chi connectivity index (χ1) is 17.9. The third kappa shape index (κ3) is 2.58. The molecule has 0 atom stereocenters. The molecule has 0 N–H and O–H groups in total. The molecule has 0 saturated carbocycles. The van der Waals surface area contributed by atoms with Crippen molar-refractivity contribution >= 4 is 54.5 Å². The molecular formula is C32H19N3O. The Hall–Kier alpha value is -4.96. The number of rotatable bonds is 2. The molecule has 0 fully saturated rings. The smallest absolute Gasteiger partial charge is 0.161 e. The number of para-hydroxylation sites is 2. The second-order valence-corrected chi connectivity index (χ2v) is 9.05. The monoisotopic (exact) mass is 461 g/mol. The Bertz CT molecular complexity index is 2090. The fourth-order valence-corrected chi connectivity index (χ4v) is 5.61. The fourth-order valence-electron chi connectivity index (χ4n) is 5.61. The minimum absolute atomic E-state index is 0.693. The van der Waals surface area contributed by atoms with Crippen LogP contribution in [0.3, 0.4) is 0 Å². The first-order valence-electron chi connectivity index (χ1n) is 12.0. The van der Waals surface area contributed by atoms with Gasteiger partial charge in [0.2, 0.25) is 0 Å². The summed E-state index contributed by atoms with van der Waals surface area (Å²) >= 11 is 0. The third-order valence-corrected chi connectivity index (χ3v) is 7.08. The van der Waals surface area contributed by atoms with Crippen LogP contribution in [0, 0.1) is 0 Å². The number of benzene rings is 5. The van der Waals surface area contributed by atoms with E-state index in [9.17, 15) is 0 Å². The molecule has 0 radical (unpaired) electrons. The normalized spacial score (nSPS) is 11.9. The second kappa shape index (κ2) is 7.27. The van der Waals surface area contributed by atoms with Gasteiger partial charge in [0, 0.05) is 39.8 Å². The zero-order valence-electron chi connectivity index (χ0n) is 19.2. The maximum absolute atomic E-state index is 6.67. The van der Waals surface area contributed by atoms with Gasteiger partial charge in [0.15, 0.2) is 5.82 Å². The molecular weight excluding hydrogens is 442 g/mol. The lowest BCUT2D eigenvalue weighted by Crippen LogP contribution is -1.97. The third-order valence-electron chi connectivity index (χ3n) is 7.08. The largest absolute Gasteiger partial charge is 0.455 e. The van der Waals surface area contributed by atoms with E-state index in [-0.39, 0.29) is 0 Å². The molecule has 5 aromatic carbocycles. The molecule has 0 amide bonds. The van der Waals surface area contributed by atoms with Crippen molar-refractivity contribution in [1.82, 2.24) is 14.5 Å². The summed E-state index contributed by atoms with van der Waals surface area (Å²) in [7, 11) is 0. The molecule has 0 saturated heterocycles. The van der Waals surface area contributed by atoms with Gasteiger partial charge in [0.1, 0.15) is 11.2 Å². The summed E-state index contributed by atoms with van der Waals surface area (Å²) in [6.07, 6.45) is 3.60. The lowest BCUT2D eigenvalue weighted by atomic mass is 10.00. The van der Waals surface area contributed by atoms with E-state index in [1.165, 1.54) is 10.8 Å². The predicted molar refractivity (Wildman–Crippen MR) is 147 cm³/mol. The Kier molecular flexibility index (Phi) is 3.91. The van der Waals surface area contributed by atoms with Crippen molar-refractivity contribution in [1.29, 1.82) is 0 Å². The molecule has 4 nitrogen and oxygen atoms in total. The van der Waals surface area contributed by atoms with Crippen LogP contribution < -0.4 is 0 Å². The van der Waals surface area contributed by atoms with E-state index in [0.717, 1.165) is 55.0 Å². The Labute approximate surface area is 206 Å². The molecule has 4 heteroatoms. The lowest BCUT2D eigenvalue weighted by molar-refractivity contribution is 0.673. The number of hydrogen-bond donors (Lipinski definition) is 0. The minimum atomic E-state index is 0.693. The molecule has 0 spiro atoms. The highest BCUT2D eigenvalue weighted by Crippen LogP contribution is 2.45. The van der Waals surface area contributed by atoms with Gasteiger partial charge >= 0.3 is 0 Å².